The molecule has 3 rings (SSSR count). The van der Waals surface area contributed by atoms with Crippen LogP contribution in [0.5, 0.6) is 0 Å². The Balaban J connectivity index is 2.06. The first-order chi connectivity index (χ1) is 9.33. The van der Waals surface area contributed by atoms with Gasteiger partial charge in [-0.05, 0) is 13.0 Å². The lowest BCUT2D eigenvalue weighted by Gasteiger charge is -2.01. The van der Waals surface area contributed by atoms with Crippen molar-refractivity contribution in [1.29, 1.82) is 0 Å². The molecule has 0 saturated carbocycles. The number of aromatic nitrogens is 5. The Labute approximate surface area is 115 Å². The van der Waals surface area contributed by atoms with Gasteiger partial charge in [-0.3, -0.25) is 4.68 Å². The molecule has 0 aliphatic carbocycles. The second-order valence-corrected chi connectivity index (χ2v) is 4.51. The summed E-state index contributed by atoms with van der Waals surface area (Å²) in [6.07, 6.45) is 1.52. The number of aryl methyl sites for hydroxylation is 1. The molecule has 0 spiro atoms. The minimum absolute atomic E-state index is 0.354. The van der Waals surface area contributed by atoms with Gasteiger partial charge >= 0.3 is 0 Å². The Hall–Kier alpha value is -1.88. The van der Waals surface area contributed by atoms with Crippen molar-refractivity contribution in [2.75, 3.05) is 0 Å². The quantitative estimate of drug-likeness (QED) is 0.687. The number of hydrogen-bond donors (Lipinski definition) is 0. The Bertz CT molecular complexity index is 700. The Morgan fingerprint density at radius 3 is 2.84 bits per heavy atom. The molecule has 0 N–H and O–H groups in total. The van der Waals surface area contributed by atoms with Crippen molar-refractivity contribution in [2.24, 2.45) is 0 Å². The van der Waals surface area contributed by atoms with Gasteiger partial charge in [0.2, 0.25) is 0 Å². The highest BCUT2D eigenvalue weighted by Gasteiger charge is 2.11. The predicted molar refractivity (Wildman–Crippen MR) is 74.1 cm³/mol. The summed E-state index contributed by atoms with van der Waals surface area (Å²) in [5, 5.41) is 9.99. The van der Waals surface area contributed by atoms with E-state index in [-0.39, 0.29) is 0 Å². The number of alkyl halides is 1. The lowest BCUT2D eigenvalue weighted by molar-refractivity contribution is 0.613. The number of benzene rings is 1. The summed E-state index contributed by atoms with van der Waals surface area (Å²) in [4.78, 5) is 4.12. The standard InChI is InChI=1S/C13H14ClN5/c1-2-18-12-6-4-3-5-10(12)11(17-18)8-19-13(7-14)15-9-16-19/h3-6,9H,2,7-8H2,1H3. The fourth-order valence-corrected chi connectivity index (χ4v) is 2.43. The van der Waals surface area contributed by atoms with Crippen molar-refractivity contribution >= 4 is 22.5 Å². The first-order valence-corrected chi connectivity index (χ1v) is 6.74. The van der Waals surface area contributed by atoms with E-state index in [1.54, 1.807) is 4.68 Å². The molecule has 0 unspecified atom stereocenters. The molecular weight excluding hydrogens is 262 g/mol. The summed E-state index contributed by atoms with van der Waals surface area (Å²) in [6, 6.07) is 8.22. The van der Waals surface area contributed by atoms with Crippen molar-refractivity contribution in [3.05, 3.63) is 42.1 Å². The van der Waals surface area contributed by atoms with Gasteiger partial charge in [-0.1, -0.05) is 18.2 Å². The second kappa shape index (κ2) is 5.01. The maximum absolute atomic E-state index is 5.84. The van der Waals surface area contributed by atoms with Crippen LogP contribution in [0.15, 0.2) is 30.6 Å². The summed E-state index contributed by atoms with van der Waals surface area (Å²) < 4.78 is 3.80. The summed E-state index contributed by atoms with van der Waals surface area (Å²) in [6.45, 7) is 3.53. The lowest BCUT2D eigenvalue weighted by atomic mass is 10.2. The zero-order valence-electron chi connectivity index (χ0n) is 10.6. The molecular formula is C13H14ClN5. The third-order valence-electron chi connectivity index (χ3n) is 3.15. The SMILES string of the molecule is CCn1nc(Cn2ncnc2CCl)c2ccccc21. The molecule has 5 nitrogen and oxygen atoms in total. The first kappa shape index (κ1) is 12.2. The number of rotatable bonds is 4. The summed E-state index contributed by atoms with van der Waals surface area (Å²) in [5.74, 6) is 1.11. The van der Waals surface area contributed by atoms with Gasteiger partial charge in [0.1, 0.15) is 12.2 Å². The molecule has 0 atom stereocenters. The van der Waals surface area contributed by atoms with Crippen LogP contribution >= 0.6 is 11.6 Å². The molecule has 98 valence electrons. The van der Waals surface area contributed by atoms with E-state index >= 15 is 0 Å². The second-order valence-electron chi connectivity index (χ2n) is 4.25. The van der Waals surface area contributed by atoms with E-state index in [0.717, 1.165) is 29.0 Å². The van der Waals surface area contributed by atoms with E-state index in [9.17, 15) is 0 Å². The van der Waals surface area contributed by atoms with Crippen LogP contribution in [0, 0.1) is 0 Å². The van der Waals surface area contributed by atoms with Gasteiger partial charge in [0.15, 0.2) is 0 Å². The van der Waals surface area contributed by atoms with Crippen LogP contribution in [0.4, 0.5) is 0 Å². The topological polar surface area (TPSA) is 48.5 Å². The fraction of sp³-hybridized carbons (Fsp3) is 0.308. The van der Waals surface area contributed by atoms with Crippen molar-refractivity contribution in [1.82, 2.24) is 24.5 Å². The van der Waals surface area contributed by atoms with Gasteiger partial charge in [-0.15, -0.1) is 11.6 Å². The minimum Gasteiger partial charge on any atom is -0.265 e. The number of para-hydroxylation sites is 1. The third kappa shape index (κ3) is 2.10. The molecule has 2 heterocycles. The molecule has 0 saturated heterocycles. The van der Waals surface area contributed by atoms with Crippen molar-refractivity contribution < 1.29 is 0 Å². The van der Waals surface area contributed by atoms with E-state index in [4.69, 9.17) is 11.6 Å². The molecule has 3 aromatic rings. The molecule has 0 aliphatic rings. The molecule has 2 aromatic heterocycles. The predicted octanol–water partition coefficient (Wildman–Crippen LogP) is 2.43. The Morgan fingerprint density at radius 2 is 2.05 bits per heavy atom. The highest BCUT2D eigenvalue weighted by atomic mass is 35.5. The number of nitrogens with zero attached hydrogens (tertiary/aromatic N) is 5. The summed E-state index contributed by atoms with van der Waals surface area (Å²) in [7, 11) is 0. The van der Waals surface area contributed by atoms with Crippen LogP contribution in [-0.4, -0.2) is 24.5 Å². The Kier molecular flexibility index (Phi) is 3.21. The van der Waals surface area contributed by atoms with Crippen LogP contribution in [0.2, 0.25) is 0 Å². The minimum atomic E-state index is 0.354. The summed E-state index contributed by atoms with van der Waals surface area (Å²) in [5.41, 5.74) is 2.14. The molecule has 0 aliphatic heterocycles. The highest BCUT2D eigenvalue weighted by Crippen LogP contribution is 2.19. The normalized spacial score (nSPS) is 11.3. The molecule has 6 heteroatoms. The number of fused-ring (bicyclic) bond motifs is 1. The lowest BCUT2D eigenvalue weighted by Crippen LogP contribution is -2.07. The molecule has 1 aromatic carbocycles. The maximum Gasteiger partial charge on any atom is 0.142 e. The van der Waals surface area contributed by atoms with E-state index in [1.165, 1.54) is 6.33 Å². The zero-order chi connectivity index (χ0) is 13.2. The molecule has 0 amide bonds. The van der Waals surface area contributed by atoms with Crippen molar-refractivity contribution in [3.63, 3.8) is 0 Å². The van der Waals surface area contributed by atoms with E-state index in [1.807, 2.05) is 16.8 Å². The number of halogens is 1. The average Bonchev–Trinajstić information content (AvgIpc) is 3.04. The third-order valence-corrected chi connectivity index (χ3v) is 3.39. The van der Waals surface area contributed by atoms with Gasteiger partial charge in [0, 0.05) is 11.9 Å². The van der Waals surface area contributed by atoms with Gasteiger partial charge in [0.05, 0.1) is 23.6 Å². The van der Waals surface area contributed by atoms with E-state index in [2.05, 4.69) is 34.2 Å². The molecule has 19 heavy (non-hydrogen) atoms. The van der Waals surface area contributed by atoms with Gasteiger partial charge in [-0.2, -0.15) is 10.2 Å². The van der Waals surface area contributed by atoms with Gasteiger partial charge in [-0.25, -0.2) is 9.67 Å². The Morgan fingerprint density at radius 1 is 1.21 bits per heavy atom. The van der Waals surface area contributed by atoms with Gasteiger partial charge < -0.3 is 0 Å². The molecule has 0 bridgehead atoms. The molecule has 0 fully saturated rings. The zero-order valence-corrected chi connectivity index (χ0v) is 11.4. The van der Waals surface area contributed by atoms with Crippen LogP contribution in [0.3, 0.4) is 0 Å². The van der Waals surface area contributed by atoms with Crippen LogP contribution in [0.1, 0.15) is 18.4 Å². The molecule has 0 radical (unpaired) electrons. The van der Waals surface area contributed by atoms with Crippen molar-refractivity contribution in [2.45, 2.75) is 25.9 Å². The van der Waals surface area contributed by atoms with Crippen LogP contribution < -0.4 is 0 Å². The van der Waals surface area contributed by atoms with E-state index < -0.39 is 0 Å². The van der Waals surface area contributed by atoms with Crippen LogP contribution in [-0.2, 0) is 19.0 Å². The fourth-order valence-electron chi connectivity index (χ4n) is 2.22. The van der Waals surface area contributed by atoms with Crippen molar-refractivity contribution in [3.8, 4) is 0 Å². The van der Waals surface area contributed by atoms with E-state index in [0.29, 0.717) is 12.4 Å². The van der Waals surface area contributed by atoms with Gasteiger partial charge in [0.25, 0.3) is 0 Å². The monoisotopic (exact) mass is 275 g/mol. The maximum atomic E-state index is 5.84. The largest absolute Gasteiger partial charge is 0.265 e. The highest BCUT2D eigenvalue weighted by molar-refractivity contribution is 6.16. The number of hydrogen-bond acceptors (Lipinski definition) is 3. The first-order valence-electron chi connectivity index (χ1n) is 6.20. The van der Waals surface area contributed by atoms with Crippen LogP contribution in [0.25, 0.3) is 10.9 Å². The smallest absolute Gasteiger partial charge is 0.142 e. The summed E-state index contributed by atoms with van der Waals surface area (Å²) >= 11 is 5.84. The average molecular weight is 276 g/mol.